The molecule has 19 heavy (non-hydrogen) atoms. The summed E-state index contributed by atoms with van der Waals surface area (Å²) in [5, 5.41) is 0. The minimum atomic E-state index is -3.65. The second kappa shape index (κ2) is 5.85. The van der Waals surface area contributed by atoms with E-state index in [2.05, 4.69) is 0 Å². The van der Waals surface area contributed by atoms with Crippen LogP contribution in [0.1, 0.15) is 6.92 Å². The lowest BCUT2D eigenvalue weighted by molar-refractivity contribution is -0.0120. The Morgan fingerprint density at radius 2 is 2.26 bits per heavy atom. The van der Waals surface area contributed by atoms with Gasteiger partial charge in [0.05, 0.1) is 17.0 Å². The number of nitrogens with two attached hydrogens (primary N) is 1. The van der Waals surface area contributed by atoms with Gasteiger partial charge in [-0.05, 0) is 13.0 Å². The van der Waals surface area contributed by atoms with Crippen LogP contribution in [0.5, 0.6) is 0 Å². The summed E-state index contributed by atoms with van der Waals surface area (Å²) in [4.78, 5) is 0.0505. The second-order valence-corrected chi connectivity index (χ2v) is 8.51. The summed E-state index contributed by atoms with van der Waals surface area (Å²) in [5.41, 5.74) is 5.75. The van der Waals surface area contributed by atoms with Crippen molar-refractivity contribution in [1.29, 1.82) is 0 Å². The maximum absolute atomic E-state index is 12.5. The van der Waals surface area contributed by atoms with Crippen LogP contribution < -0.4 is 5.73 Å². The Morgan fingerprint density at radius 3 is 2.79 bits per heavy atom. The molecule has 0 aliphatic carbocycles. The summed E-state index contributed by atoms with van der Waals surface area (Å²) in [6.45, 7) is 2.62. The molecule has 0 amide bonds. The van der Waals surface area contributed by atoms with Gasteiger partial charge in [-0.3, -0.25) is 0 Å². The molecule has 0 radical (unpaired) electrons. The van der Waals surface area contributed by atoms with E-state index in [4.69, 9.17) is 33.7 Å². The lowest BCUT2D eigenvalue weighted by Gasteiger charge is -2.33. The van der Waals surface area contributed by atoms with Gasteiger partial charge in [-0.25, -0.2) is 8.42 Å². The molecule has 1 aromatic heterocycles. The molecule has 1 aliphatic heterocycles. The van der Waals surface area contributed by atoms with Gasteiger partial charge in [-0.2, -0.15) is 4.31 Å². The summed E-state index contributed by atoms with van der Waals surface area (Å²) in [6, 6.07) is 1.14. The molecule has 0 aromatic carbocycles. The van der Waals surface area contributed by atoms with E-state index in [1.54, 1.807) is 6.92 Å². The van der Waals surface area contributed by atoms with Crippen molar-refractivity contribution in [1.82, 2.24) is 4.31 Å². The van der Waals surface area contributed by atoms with Crippen molar-refractivity contribution in [3.63, 3.8) is 0 Å². The van der Waals surface area contributed by atoms with Crippen molar-refractivity contribution in [2.75, 3.05) is 19.7 Å². The highest BCUT2D eigenvalue weighted by Gasteiger charge is 2.34. The number of ether oxygens (including phenoxy) is 1. The van der Waals surface area contributed by atoms with E-state index >= 15 is 0 Å². The predicted octanol–water partition coefficient (Wildman–Crippen LogP) is 1.79. The van der Waals surface area contributed by atoms with Gasteiger partial charge in [0.1, 0.15) is 9.23 Å². The third-order valence-corrected chi connectivity index (χ3v) is 6.50. The number of rotatable bonds is 3. The van der Waals surface area contributed by atoms with Crippen LogP contribution in [0.4, 0.5) is 0 Å². The first-order chi connectivity index (χ1) is 8.82. The quantitative estimate of drug-likeness (QED) is 0.907. The molecule has 0 saturated carbocycles. The van der Waals surface area contributed by atoms with Gasteiger partial charge in [0.2, 0.25) is 10.0 Å². The third-order valence-electron chi connectivity index (χ3n) is 2.89. The normalized spacial score (nSPS) is 23.5. The number of hydrogen-bond donors (Lipinski definition) is 1. The number of nitrogens with zero attached hydrogens (tertiary/aromatic N) is 1. The topological polar surface area (TPSA) is 72.6 Å². The fraction of sp³-hybridized carbons (Fsp3) is 0.600. The van der Waals surface area contributed by atoms with E-state index in [9.17, 15) is 8.42 Å². The fourth-order valence-electron chi connectivity index (χ4n) is 1.83. The SMILES string of the molecule is CC(N)C1CN(S(=O)(=O)c2cc(Cl)sc2Cl)CCO1. The molecule has 9 heteroatoms. The Morgan fingerprint density at radius 1 is 1.58 bits per heavy atom. The van der Waals surface area contributed by atoms with Crippen molar-refractivity contribution in [3.05, 3.63) is 14.7 Å². The minimum Gasteiger partial charge on any atom is -0.374 e. The molecule has 2 heterocycles. The van der Waals surface area contributed by atoms with Gasteiger partial charge in [0.15, 0.2) is 0 Å². The zero-order valence-corrected chi connectivity index (χ0v) is 13.3. The number of thiophene rings is 1. The molecule has 2 atom stereocenters. The van der Waals surface area contributed by atoms with Crippen LogP contribution in [0.3, 0.4) is 0 Å². The van der Waals surface area contributed by atoms with Crippen LogP contribution in [0.25, 0.3) is 0 Å². The standard InChI is InChI=1S/C10H14Cl2N2O3S2/c1-6(13)7-5-14(2-3-17-7)19(15,16)8-4-9(11)18-10(8)12/h4,6-7H,2-3,5,13H2,1H3. The molecule has 2 unspecified atom stereocenters. The fourth-order valence-corrected chi connectivity index (χ4v) is 5.38. The van der Waals surface area contributed by atoms with Gasteiger partial charge in [-0.1, -0.05) is 23.2 Å². The molecule has 108 valence electrons. The zero-order valence-electron chi connectivity index (χ0n) is 10.2. The zero-order chi connectivity index (χ0) is 14.2. The molecular weight excluding hydrogens is 331 g/mol. The Labute approximate surface area is 126 Å². The van der Waals surface area contributed by atoms with Gasteiger partial charge in [0, 0.05) is 19.1 Å². The van der Waals surface area contributed by atoms with Crippen LogP contribution in [-0.2, 0) is 14.8 Å². The largest absolute Gasteiger partial charge is 0.374 e. The average Bonchev–Trinajstić information content (AvgIpc) is 2.69. The van der Waals surface area contributed by atoms with Crippen molar-refractivity contribution in [2.24, 2.45) is 5.73 Å². The van der Waals surface area contributed by atoms with Crippen molar-refractivity contribution < 1.29 is 13.2 Å². The number of morpholine rings is 1. The van der Waals surface area contributed by atoms with Gasteiger partial charge in [-0.15, -0.1) is 11.3 Å². The second-order valence-electron chi connectivity index (χ2n) is 4.32. The third kappa shape index (κ3) is 3.24. The number of halogens is 2. The van der Waals surface area contributed by atoms with Crippen LogP contribution in [0.2, 0.25) is 8.67 Å². The smallest absolute Gasteiger partial charge is 0.245 e. The van der Waals surface area contributed by atoms with E-state index in [1.165, 1.54) is 10.4 Å². The molecule has 1 aromatic rings. The van der Waals surface area contributed by atoms with Crippen LogP contribution in [0.15, 0.2) is 11.0 Å². The first-order valence-electron chi connectivity index (χ1n) is 5.64. The van der Waals surface area contributed by atoms with E-state index in [0.717, 1.165) is 11.3 Å². The summed E-state index contributed by atoms with van der Waals surface area (Å²) in [6.07, 6.45) is -0.309. The lowest BCUT2D eigenvalue weighted by Crippen LogP contribution is -2.51. The average molecular weight is 345 g/mol. The molecule has 0 spiro atoms. The highest BCUT2D eigenvalue weighted by Crippen LogP contribution is 2.36. The Hall–Kier alpha value is 0.110. The Kier molecular flexibility index (Phi) is 4.77. The summed E-state index contributed by atoms with van der Waals surface area (Å²) < 4.78 is 32.3. The summed E-state index contributed by atoms with van der Waals surface area (Å²) in [7, 11) is -3.65. The summed E-state index contributed by atoms with van der Waals surface area (Å²) >= 11 is 12.8. The van der Waals surface area contributed by atoms with E-state index < -0.39 is 10.0 Å². The first-order valence-corrected chi connectivity index (χ1v) is 8.66. The summed E-state index contributed by atoms with van der Waals surface area (Å²) in [5.74, 6) is 0. The Balaban J connectivity index is 2.27. The van der Waals surface area contributed by atoms with Crippen LogP contribution in [-0.4, -0.2) is 44.6 Å². The maximum atomic E-state index is 12.5. The maximum Gasteiger partial charge on any atom is 0.245 e. The molecular formula is C10H14Cl2N2O3S2. The van der Waals surface area contributed by atoms with E-state index in [0.29, 0.717) is 10.9 Å². The van der Waals surface area contributed by atoms with Gasteiger partial charge < -0.3 is 10.5 Å². The molecule has 1 fully saturated rings. The van der Waals surface area contributed by atoms with Crippen molar-refractivity contribution in [3.8, 4) is 0 Å². The lowest BCUT2D eigenvalue weighted by atomic mass is 10.2. The van der Waals surface area contributed by atoms with Crippen molar-refractivity contribution in [2.45, 2.75) is 24.0 Å². The molecule has 1 aliphatic rings. The molecule has 1 saturated heterocycles. The predicted molar refractivity (Wildman–Crippen MR) is 76.5 cm³/mol. The highest BCUT2D eigenvalue weighted by atomic mass is 35.5. The van der Waals surface area contributed by atoms with Crippen LogP contribution >= 0.6 is 34.5 Å². The number of sulfonamides is 1. The monoisotopic (exact) mass is 344 g/mol. The van der Waals surface area contributed by atoms with Crippen LogP contribution in [0, 0.1) is 0 Å². The first kappa shape index (κ1) is 15.5. The van der Waals surface area contributed by atoms with Gasteiger partial charge >= 0.3 is 0 Å². The van der Waals surface area contributed by atoms with Crippen molar-refractivity contribution >= 4 is 44.6 Å². The highest BCUT2D eigenvalue weighted by molar-refractivity contribution is 7.89. The Bertz CT molecular complexity index is 559. The van der Waals surface area contributed by atoms with E-state index in [1.807, 2.05) is 0 Å². The molecule has 2 N–H and O–H groups in total. The molecule has 5 nitrogen and oxygen atoms in total. The number of hydrogen-bond acceptors (Lipinski definition) is 5. The minimum absolute atomic E-state index is 0.0505. The van der Waals surface area contributed by atoms with Gasteiger partial charge in [0.25, 0.3) is 0 Å². The molecule has 2 rings (SSSR count). The molecule has 0 bridgehead atoms. The van der Waals surface area contributed by atoms with E-state index in [-0.39, 0.29) is 34.5 Å².